The van der Waals surface area contributed by atoms with E-state index >= 15 is 0 Å². The van der Waals surface area contributed by atoms with Crippen LogP contribution in [-0.4, -0.2) is 35.8 Å². The summed E-state index contributed by atoms with van der Waals surface area (Å²) in [6, 6.07) is 12.4. The third-order valence-electron chi connectivity index (χ3n) is 4.41. The highest BCUT2D eigenvalue weighted by atomic mass is 15.5. The van der Waals surface area contributed by atoms with Crippen molar-refractivity contribution in [2.45, 2.75) is 12.8 Å². The molecule has 0 bridgehead atoms. The molecule has 0 saturated heterocycles. The lowest BCUT2D eigenvalue weighted by Gasteiger charge is -2.15. The zero-order chi connectivity index (χ0) is 15.9. The third-order valence-corrected chi connectivity index (χ3v) is 4.41. The highest BCUT2D eigenvalue weighted by Crippen LogP contribution is 2.37. The first-order valence-corrected chi connectivity index (χ1v) is 7.76. The Morgan fingerprint density at radius 3 is 2.88 bits per heavy atom. The molecule has 0 aliphatic heterocycles. The number of pyridine rings is 1. The molecule has 2 N–H and O–H groups in total. The fraction of sp³-hybridized carbons (Fsp3) is 0.118. The highest BCUT2D eigenvalue weighted by Gasteiger charge is 2.22. The summed E-state index contributed by atoms with van der Waals surface area (Å²) in [7, 11) is 0. The number of H-pyrrole nitrogens is 2. The number of aryl methyl sites for hydroxylation is 1. The van der Waals surface area contributed by atoms with Crippen LogP contribution in [0.15, 0.2) is 42.6 Å². The molecular formula is C17H13N7. The SMILES string of the molecule is c1ccc2c(c1)CCc1c-2n[nH]c1-c1ccnc(-c2nn[nH]n2)c1. The van der Waals surface area contributed by atoms with E-state index in [-0.39, 0.29) is 0 Å². The molecule has 0 spiro atoms. The molecule has 5 rings (SSSR count). The minimum Gasteiger partial charge on any atom is -0.277 e. The van der Waals surface area contributed by atoms with Crippen molar-refractivity contribution < 1.29 is 0 Å². The Bertz CT molecular complexity index is 1020. The molecule has 0 fully saturated rings. The summed E-state index contributed by atoms with van der Waals surface area (Å²) in [5.41, 5.74) is 7.60. The largest absolute Gasteiger partial charge is 0.277 e. The molecule has 0 radical (unpaired) electrons. The number of hydrogen-bond acceptors (Lipinski definition) is 5. The second-order valence-electron chi connectivity index (χ2n) is 5.75. The van der Waals surface area contributed by atoms with E-state index in [1.165, 1.54) is 16.7 Å². The smallest absolute Gasteiger partial charge is 0.222 e. The molecular weight excluding hydrogens is 302 g/mol. The topological polar surface area (TPSA) is 96.0 Å². The summed E-state index contributed by atoms with van der Waals surface area (Å²) in [5, 5.41) is 21.8. The highest BCUT2D eigenvalue weighted by molar-refractivity contribution is 5.78. The van der Waals surface area contributed by atoms with Gasteiger partial charge in [0.1, 0.15) is 5.69 Å². The Morgan fingerprint density at radius 1 is 1.00 bits per heavy atom. The molecule has 1 aliphatic carbocycles. The monoisotopic (exact) mass is 315 g/mol. The van der Waals surface area contributed by atoms with E-state index < -0.39 is 0 Å². The summed E-state index contributed by atoms with van der Waals surface area (Å²) < 4.78 is 0. The van der Waals surface area contributed by atoms with Gasteiger partial charge in [0.05, 0.1) is 11.4 Å². The summed E-state index contributed by atoms with van der Waals surface area (Å²) in [6.07, 6.45) is 3.75. The van der Waals surface area contributed by atoms with Gasteiger partial charge in [0, 0.05) is 22.9 Å². The quantitative estimate of drug-likeness (QED) is 0.592. The van der Waals surface area contributed by atoms with Crippen LogP contribution in [0.5, 0.6) is 0 Å². The molecule has 0 saturated carbocycles. The van der Waals surface area contributed by atoms with Gasteiger partial charge in [0.2, 0.25) is 5.82 Å². The maximum Gasteiger partial charge on any atom is 0.222 e. The number of rotatable bonds is 2. The van der Waals surface area contributed by atoms with E-state index in [1.807, 2.05) is 12.1 Å². The summed E-state index contributed by atoms with van der Waals surface area (Å²) in [4.78, 5) is 4.32. The zero-order valence-corrected chi connectivity index (χ0v) is 12.7. The Labute approximate surface area is 137 Å². The third kappa shape index (κ3) is 1.95. The van der Waals surface area contributed by atoms with Gasteiger partial charge >= 0.3 is 0 Å². The van der Waals surface area contributed by atoms with Crippen LogP contribution in [0.25, 0.3) is 34.0 Å². The number of tetrazole rings is 1. The van der Waals surface area contributed by atoms with Gasteiger partial charge in [-0.05, 0) is 35.8 Å². The van der Waals surface area contributed by atoms with Crippen LogP contribution in [0.3, 0.4) is 0 Å². The molecule has 1 aliphatic rings. The van der Waals surface area contributed by atoms with Gasteiger partial charge in [-0.25, -0.2) is 0 Å². The first-order chi connectivity index (χ1) is 11.9. The van der Waals surface area contributed by atoms with Crippen LogP contribution in [0, 0.1) is 0 Å². The molecule has 0 unspecified atom stereocenters. The van der Waals surface area contributed by atoms with Gasteiger partial charge in [-0.2, -0.15) is 10.3 Å². The van der Waals surface area contributed by atoms with Crippen molar-refractivity contribution in [1.82, 2.24) is 35.8 Å². The van der Waals surface area contributed by atoms with Crippen LogP contribution >= 0.6 is 0 Å². The van der Waals surface area contributed by atoms with E-state index in [9.17, 15) is 0 Å². The second-order valence-corrected chi connectivity index (χ2v) is 5.75. The van der Waals surface area contributed by atoms with Gasteiger partial charge in [0.15, 0.2) is 0 Å². The van der Waals surface area contributed by atoms with Crippen molar-refractivity contribution in [3.8, 4) is 34.0 Å². The Kier molecular flexibility index (Phi) is 2.78. The molecule has 24 heavy (non-hydrogen) atoms. The predicted molar refractivity (Wildman–Crippen MR) is 87.8 cm³/mol. The van der Waals surface area contributed by atoms with Crippen LogP contribution in [-0.2, 0) is 12.8 Å². The van der Waals surface area contributed by atoms with Crippen LogP contribution in [0.4, 0.5) is 0 Å². The lowest BCUT2D eigenvalue weighted by atomic mass is 9.88. The van der Waals surface area contributed by atoms with Crippen molar-refractivity contribution >= 4 is 0 Å². The van der Waals surface area contributed by atoms with Gasteiger partial charge in [-0.1, -0.05) is 24.3 Å². The fourth-order valence-corrected chi connectivity index (χ4v) is 3.28. The Hall–Kier alpha value is -3.35. The predicted octanol–water partition coefficient (Wildman–Crippen LogP) is 2.42. The van der Waals surface area contributed by atoms with Crippen molar-refractivity contribution in [3.63, 3.8) is 0 Å². The maximum absolute atomic E-state index is 4.57. The van der Waals surface area contributed by atoms with Crippen molar-refractivity contribution in [1.29, 1.82) is 0 Å². The van der Waals surface area contributed by atoms with E-state index in [1.54, 1.807) is 6.20 Å². The van der Waals surface area contributed by atoms with E-state index in [2.05, 4.69) is 60.1 Å². The van der Waals surface area contributed by atoms with Crippen LogP contribution in [0.1, 0.15) is 11.1 Å². The van der Waals surface area contributed by atoms with Gasteiger partial charge < -0.3 is 0 Å². The summed E-state index contributed by atoms with van der Waals surface area (Å²) >= 11 is 0. The molecule has 4 aromatic rings. The normalized spacial score (nSPS) is 12.7. The number of hydrogen-bond donors (Lipinski definition) is 2. The molecule has 3 heterocycles. The minimum atomic E-state index is 0.482. The van der Waals surface area contributed by atoms with E-state index in [0.29, 0.717) is 11.5 Å². The average molecular weight is 315 g/mol. The van der Waals surface area contributed by atoms with E-state index in [4.69, 9.17) is 0 Å². The minimum absolute atomic E-state index is 0.482. The van der Waals surface area contributed by atoms with Crippen LogP contribution in [0.2, 0.25) is 0 Å². The Balaban J connectivity index is 1.63. The molecule has 7 heteroatoms. The molecule has 116 valence electrons. The van der Waals surface area contributed by atoms with Gasteiger partial charge in [-0.3, -0.25) is 10.1 Å². The van der Waals surface area contributed by atoms with Gasteiger partial charge in [-0.15, -0.1) is 10.2 Å². The van der Waals surface area contributed by atoms with Crippen molar-refractivity contribution in [2.75, 3.05) is 0 Å². The van der Waals surface area contributed by atoms with Crippen molar-refractivity contribution in [3.05, 3.63) is 53.7 Å². The number of aromatic nitrogens is 7. The molecule has 1 aromatic carbocycles. The standard InChI is InChI=1S/C17H13N7/c1-2-4-12-10(3-1)5-6-13-15(19-20-16(12)13)11-7-8-18-14(9-11)17-21-23-24-22-17/h1-4,7-9H,5-6H2,(H,19,20)(H,21,22,23,24). The molecule has 0 amide bonds. The van der Waals surface area contributed by atoms with Crippen LogP contribution < -0.4 is 0 Å². The maximum atomic E-state index is 4.57. The summed E-state index contributed by atoms with van der Waals surface area (Å²) in [6.45, 7) is 0. The fourth-order valence-electron chi connectivity index (χ4n) is 3.28. The number of aromatic amines is 2. The lowest BCUT2D eigenvalue weighted by molar-refractivity contribution is 0.881. The first kappa shape index (κ1) is 13.1. The van der Waals surface area contributed by atoms with Gasteiger partial charge in [0.25, 0.3) is 0 Å². The average Bonchev–Trinajstić information content (AvgIpc) is 3.32. The van der Waals surface area contributed by atoms with Crippen molar-refractivity contribution in [2.24, 2.45) is 0 Å². The lowest BCUT2D eigenvalue weighted by Crippen LogP contribution is -2.03. The Morgan fingerprint density at radius 2 is 1.96 bits per heavy atom. The number of fused-ring (bicyclic) bond motifs is 3. The second kappa shape index (κ2) is 5.09. The number of nitrogens with zero attached hydrogens (tertiary/aromatic N) is 5. The number of nitrogens with one attached hydrogen (secondary N) is 2. The zero-order valence-electron chi connectivity index (χ0n) is 12.7. The molecule has 3 aromatic heterocycles. The molecule has 7 nitrogen and oxygen atoms in total. The first-order valence-electron chi connectivity index (χ1n) is 7.76. The van der Waals surface area contributed by atoms with E-state index in [0.717, 1.165) is 29.8 Å². The summed E-state index contributed by atoms with van der Waals surface area (Å²) in [5.74, 6) is 0.482. The number of benzene rings is 1. The molecule has 0 atom stereocenters.